The maximum Gasteiger partial charge on any atom is 0.335 e. The second-order valence-electron chi connectivity index (χ2n) is 8.06. The normalized spacial score (nSPS) is 24.3. The van der Waals surface area contributed by atoms with Gasteiger partial charge in [0.25, 0.3) is 0 Å². The summed E-state index contributed by atoms with van der Waals surface area (Å²) in [5.74, 6) is -0.651. The number of aromatic nitrogens is 1. The third-order valence-corrected chi connectivity index (χ3v) is 6.73. The highest BCUT2D eigenvalue weighted by Gasteiger charge is 2.41. The molecule has 1 aliphatic carbocycles. The van der Waals surface area contributed by atoms with E-state index in [1.165, 1.54) is 23.9 Å². The van der Waals surface area contributed by atoms with E-state index in [0.717, 1.165) is 25.7 Å². The number of carboxylic acids is 1. The van der Waals surface area contributed by atoms with Gasteiger partial charge in [-0.2, -0.15) is 0 Å². The van der Waals surface area contributed by atoms with Crippen molar-refractivity contribution >= 4 is 29.4 Å². The molecular weight excluding hydrogens is 404 g/mol. The predicted molar refractivity (Wildman–Crippen MR) is 115 cm³/mol. The average molecular weight is 429 g/mol. The minimum Gasteiger partial charge on any atom is -0.478 e. The lowest BCUT2D eigenvalue weighted by atomic mass is 9.68. The van der Waals surface area contributed by atoms with Crippen LogP contribution < -0.4 is 10.6 Å². The highest BCUT2D eigenvalue weighted by molar-refractivity contribution is 6.30. The van der Waals surface area contributed by atoms with Gasteiger partial charge < -0.3 is 15.7 Å². The summed E-state index contributed by atoms with van der Waals surface area (Å²) in [6.45, 7) is 1.66. The number of benzene rings is 1. The molecule has 2 aromatic rings. The first-order valence-corrected chi connectivity index (χ1v) is 10.5. The molecule has 2 aliphatic rings. The first-order valence-electron chi connectivity index (χ1n) is 10.2. The number of halogens is 1. The topological polar surface area (TPSA) is 99.8 Å². The number of carbonyl (C=O) groups excluding carboxylic acids is 1. The molecule has 0 radical (unpaired) electrons. The Morgan fingerprint density at radius 3 is 2.67 bits per heavy atom. The van der Waals surface area contributed by atoms with Crippen LogP contribution in [0, 0.1) is 0 Å². The number of rotatable bonds is 5. The molecule has 2 heterocycles. The van der Waals surface area contributed by atoms with Gasteiger partial charge in [-0.3, -0.25) is 4.90 Å². The zero-order chi connectivity index (χ0) is 21.3. The molecule has 158 valence electrons. The van der Waals surface area contributed by atoms with Gasteiger partial charge in [0, 0.05) is 42.3 Å². The second kappa shape index (κ2) is 8.24. The zero-order valence-corrected chi connectivity index (χ0v) is 17.4. The Balaban J connectivity index is 1.46. The molecule has 30 heavy (non-hydrogen) atoms. The fourth-order valence-electron chi connectivity index (χ4n) is 4.70. The molecule has 1 saturated carbocycles. The van der Waals surface area contributed by atoms with Crippen LogP contribution in [0.5, 0.6) is 0 Å². The van der Waals surface area contributed by atoms with Gasteiger partial charge >= 0.3 is 12.0 Å². The summed E-state index contributed by atoms with van der Waals surface area (Å²) in [7, 11) is 0. The van der Waals surface area contributed by atoms with Crippen molar-refractivity contribution in [3.8, 4) is 0 Å². The van der Waals surface area contributed by atoms with Gasteiger partial charge in [0.1, 0.15) is 5.82 Å². The molecule has 0 unspecified atom stereocenters. The third-order valence-electron chi connectivity index (χ3n) is 6.49. The molecule has 1 aromatic carbocycles. The van der Waals surface area contributed by atoms with Crippen LogP contribution in [-0.2, 0) is 5.41 Å². The zero-order valence-electron chi connectivity index (χ0n) is 16.6. The smallest absolute Gasteiger partial charge is 0.335 e. The largest absolute Gasteiger partial charge is 0.478 e. The Labute approximate surface area is 180 Å². The van der Waals surface area contributed by atoms with Gasteiger partial charge in [-0.1, -0.05) is 23.7 Å². The number of amides is 2. The lowest BCUT2D eigenvalue weighted by Gasteiger charge is -2.42. The van der Waals surface area contributed by atoms with E-state index in [1.807, 2.05) is 23.1 Å². The number of anilines is 1. The molecule has 2 amide bonds. The van der Waals surface area contributed by atoms with E-state index in [-0.39, 0.29) is 23.1 Å². The number of nitrogens with two attached hydrogens (primary N) is 1. The number of carbonyl (C=O) groups is 2. The van der Waals surface area contributed by atoms with Crippen molar-refractivity contribution in [3.05, 3.63) is 58.7 Å². The fraction of sp³-hybridized carbons (Fsp3) is 0.409. The molecule has 0 atom stereocenters. The van der Waals surface area contributed by atoms with Crippen LogP contribution in [-0.4, -0.2) is 52.7 Å². The monoisotopic (exact) mass is 428 g/mol. The van der Waals surface area contributed by atoms with Gasteiger partial charge in [0.15, 0.2) is 0 Å². The van der Waals surface area contributed by atoms with Crippen molar-refractivity contribution in [1.82, 2.24) is 9.88 Å². The van der Waals surface area contributed by atoms with Crippen LogP contribution in [0.15, 0.2) is 42.6 Å². The van der Waals surface area contributed by atoms with Crippen molar-refractivity contribution < 1.29 is 14.7 Å². The molecule has 7 nitrogen and oxygen atoms in total. The molecule has 1 saturated heterocycles. The Kier molecular flexibility index (Phi) is 5.66. The fourth-order valence-corrected chi connectivity index (χ4v) is 4.89. The van der Waals surface area contributed by atoms with Crippen LogP contribution >= 0.6 is 11.6 Å². The third kappa shape index (κ3) is 3.75. The van der Waals surface area contributed by atoms with E-state index in [2.05, 4.69) is 11.1 Å². The number of pyridine rings is 1. The van der Waals surface area contributed by atoms with Gasteiger partial charge in [-0.25, -0.2) is 14.6 Å². The van der Waals surface area contributed by atoms with Crippen molar-refractivity contribution in [2.45, 2.75) is 37.1 Å². The van der Waals surface area contributed by atoms with E-state index < -0.39 is 5.97 Å². The molecule has 8 heteroatoms. The van der Waals surface area contributed by atoms with Crippen LogP contribution in [0.2, 0.25) is 5.02 Å². The van der Waals surface area contributed by atoms with Crippen LogP contribution in [0.3, 0.4) is 0 Å². The Morgan fingerprint density at radius 2 is 2.00 bits per heavy atom. The van der Waals surface area contributed by atoms with Gasteiger partial charge in [-0.05, 0) is 55.5 Å². The molecule has 0 bridgehead atoms. The van der Waals surface area contributed by atoms with Crippen molar-refractivity contribution in [1.29, 1.82) is 0 Å². The number of nitrogens with zero attached hydrogens (tertiary/aromatic N) is 3. The van der Waals surface area contributed by atoms with Crippen LogP contribution in [0.25, 0.3) is 0 Å². The van der Waals surface area contributed by atoms with E-state index in [1.54, 1.807) is 4.90 Å². The van der Waals surface area contributed by atoms with E-state index in [4.69, 9.17) is 17.3 Å². The number of carboxylic acid groups (broad SMARTS) is 1. The summed E-state index contributed by atoms with van der Waals surface area (Å²) in [4.78, 5) is 31.9. The molecule has 1 aromatic heterocycles. The average Bonchev–Trinajstić information content (AvgIpc) is 3.15. The van der Waals surface area contributed by atoms with Gasteiger partial charge in [0.2, 0.25) is 0 Å². The van der Waals surface area contributed by atoms with Crippen molar-refractivity contribution in [2.75, 3.05) is 24.5 Å². The molecule has 1 aliphatic heterocycles. The summed E-state index contributed by atoms with van der Waals surface area (Å²) in [6, 6.07) is 10.8. The Bertz CT molecular complexity index is 959. The Hall–Kier alpha value is -2.64. The van der Waals surface area contributed by atoms with Crippen LogP contribution in [0.1, 0.15) is 41.6 Å². The SMILES string of the molecule is NCC1(c2cccc(Cl)c2)CCC(N2CCN(c3cc(C(=O)O)ccn3)C2=O)CC1. The lowest BCUT2D eigenvalue weighted by Crippen LogP contribution is -2.47. The minimum absolute atomic E-state index is 0.110. The van der Waals surface area contributed by atoms with E-state index in [9.17, 15) is 14.7 Å². The summed E-state index contributed by atoms with van der Waals surface area (Å²) in [5.41, 5.74) is 7.38. The highest BCUT2D eigenvalue weighted by Crippen LogP contribution is 2.41. The maximum absolute atomic E-state index is 13.1. The molecule has 0 spiro atoms. The number of hydrogen-bond acceptors (Lipinski definition) is 4. The molecule has 2 fully saturated rings. The first kappa shape index (κ1) is 20.6. The number of hydrogen-bond donors (Lipinski definition) is 2. The quantitative estimate of drug-likeness (QED) is 0.759. The molecule has 3 N–H and O–H groups in total. The standard InChI is InChI=1S/C22H25ClN4O3/c23-17-3-1-2-16(13-17)22(14-24)7-4-18(5-8-22)26-10-11-27(21(26)30)19-12-15(20(28)29)6-9-25-19/h1-3,6,9,12-13,18H,4-5,7-8,10-11,14,24H2,(H,28,29). The van der Waals surface area contributed by atoms with Crippen molar-refractivity contribution in [3.63, 3.8) is 0 Å². The minimum atomic E-state index is -1.03. The second-order valence-corrected chi connectivity index (χ2v) is 8.50. The number of urea groups is 1. The van der Waals surface area contributed by atoms with Gasteiger partial charge in [-0.15, -0.1) is 0 Å². The molecule has 4 rings (SSSR count). The van der Waals surface area contributed by atoms with Gasteiger partial charge in [0.05, 0.1) is 5.56 Å². The summed E-state index contributed by atoms with van der Waals surface area (Å²) in [6.07, 6.45) is 4.95. The highest BCUT2D eigenvalue weighted by atomic mass is 35.5. The van der Waals surface area contributed by atoms with Crippen LogP contribution in [0.4, 0.5) is 10.6 Å². The lowest BCUT2D eigenvalue weighted by molar-refractivity contribution is 0.0696. The summed E-state index contributed by atoms with van der Waals surface area (Å²) >= 11 is 6.20. The maximum atomic E-state index is 13.1. The van der Waals surface area contributed by atoms with E-state index >= 15 is 0 Å². The predicted octanol–water partition coefficient (Wildman–Crippen LogP) is 3.51. The molecular formula is C22H25ClN4O3. The first-order chi connectivity index (χ1) is 14.4. The Morgan fingerprint density at radius 1 is 1.23 bits per heavy atom. The summed E-state index contributed by atoms with van der Waals surface area (Å²) < 4.78 is 0. The number of aromatic carboxylic acids is 1. The van der Waals surface area contributed by atoms with E-state index in [0.29, 0.717) is 30.5 Å². The van der Waals surface area contributed by atoms with Crippen molar-refractivity contribution in [2.24, 2.45) is 5.73 Å². The summed E-state index contributed by atoms with van der Waals surface area (Å²) in [5, 5.41) is 9.91.